The minimum atomic E-state index is -0.752. The lowest BCUT2D eigenvalue weighted by atomic mass is 9.65. The molecule has 0 saturated carbocycles. The van der Waals surface area contributed by atoms with Gasteiger partial charge in [-0.2, -0.15) is 0 Å². The molecule has 208 valence electrons. The van der Waals surface area contributed by atoms with Crippen LogP contribution < -0.4 is 18.9 Å². The number of rotatable bonds is 2. The van der Waals surface area contributed by atoms with Crippen molar-refractivity contribution in [3.63, 3.8) is 0 Å². The number of benzene rings is 2. The van der Waals surface area contributed by atoms with Crippen LogP contribution >= 0.6 is 45.2 Å². The van der Waals surface area contributed by atoms with Crippen LogP contribution in [0.1, 0.15) is 68.7 Å². The number of ether oxygens (including phenoxy) is 4. The second-order valence-electron chi connectivity index (χ2n) is 12.9. The van der Waals surface area contributed by atoms with Gasteiger partial charge in [-0.25, -0.2) is 0 Å². The maximum Gasteiger partial charge on any atom is 0.255 e. The molecular formula is C29H32I2N2O6. The maximum atomic E-state index is 13.9. The first-order valence-corrected chi connectivity index (χ1v) is 15.2. The predicted octanol–water partition coefficient (Wildman–Crippen LogP) is 5.92. The molecule has 2 aromatic carbocycles. The average molecular weight is 758 g/mol. The van der Waals surface area contributed by atoms with E-state index in [1.165, 1.54) is 0 Å². The lowest BCUT2D eigenvalue weighted by Crippen LogP contribution is -2.64. The van der Waals surface area contributed by atoms with Crippen LogP contribution in [0.4, 0.5) is 0 Å². The quantitative estimate of drug-likeness (QED) is 0.354. The Morgan fingerprint density at radius 3 is 1.26 bits per heavy atom. The zero-order valence-electron chi connectivity index (χ0n) is 22.9. The van der Waals surface area contributed by atoms with Crippen molar-refractivity contribution in [3.05, 3.63) is 42.5 Å². The summed E-state index contributed by atoms with van der Waals surface area (Å²) in [7, 11) is 0. The van der Waals surface area contributed by atoms with Gasteiger partial charge in [-0.3, -0.25) is 9.59 Å². The molecule has 6 rings (SSSR count). The summed E-state index contributed by atoms with van der Waals surface area (Å²) in [6, 6.07) is 7.37. The van der Waals surface area contributed by atoms with Crippen molar-refractivity contribution in [1.29, 1.82) is 0 Å². The first kappa shape index (κ1) is 27.2. The van der Waals surface area contributed by atoms with E-state index < -0.39 is 11.6 Å². The number of fused-ring (bicyclic) bond motifs is 4. The standard InChI is InChI=1S/C29H32I2N2O6/c1-26(2)36-20-7-16(18(30)9-22(20)38-26)24(34)32-12-28(5)11-29(6,13-32)15-33(14-28)25(35)17-8-21-23(10-19(17)31)39-27(3,4)37-21/h7-10H,11-15H2,1-6H3. The van der Waals surface area contributed by atoms with Gasteiger partial charge in [-0.05, 0) is 75.9 Å². The van der Waals surface area contributed by atoms with E-state index in [-0.39, 0.29) is 22.6 Å². The molecule has 39 heavy (non-hydrogen) atoms. The Labute approximate surface area is 255 Å². The van der Waals surface area contributed by atoms with E-state index >= 15 is 0 Å². The molecule has 2 aromatic rings. The van der Waals surface area contributed by atoms with Crippen molar-refractivity contribution in [3.8, 4) is 23.0 Å². The molecule has 0 aromatic heterocycles. The van der Waals surface area contributed by atoms with Gasteiger partial charge in [0.1, 0.15) is 0 Å². The number of carbonyl (C=O) groups is 2. The van der Waals surface area contributed by atoms with E-state index in [9.17, 15) is 9.59 Å². The number of carbonyl (C=O) groups excluding carboxylic acids is 2. The highest BCUT2D eigenvalue weighted by Gasteiger charge is 2.51. The molecule has 8 nitrogen and oxygen atoms in total. The van der Waals surface area contributed by atoms with E-state index in [0.717, 1.165) is 13.6 Å². The fraction of sp³-hybridized carbons (Fsp3) is 0.517. The van der Waals surface area contributed by atoms with Crippen molar-refractivity contribution in [2.75, 3.05) is 26.2 Å². The third kappa shape index (κ3) is 4.93. The molecule has 0 atom stereocenters. The summed E-state index contributed by atoms with van der Waals surface area (Å²) in [6.45, 7) is 14.1. The first-order valence-electron chi connectivity index (χ1n) is 13.1. The van der Waals surface area contributed by atoms with Crippen LogP contribution in [0, 0.1) is 18.0 Å². The lowest BCUT2D eigenvalue weighted by Gasteiger charge is -2.56. The highest BCUT2D eigenvalue weighted by Crippen LogP contribution is 2.48. The fourth-order valence-corrected chi connectivity index (χ4v) is 8.09. The van der Waals surface area contributed by atoms with Crippen molar-refractivity contribution in [1.82, 2.24) is 9.80 Å². The zero-order chi connectivity index (χ0) is 28.1. The van der Waals surface area contributed by atoms with E-state index in [4.69, 9.17) is 18.9 Å². The molecule has 2 amide bonds. The molecule has 0 spiro atoms. The number of likely N-dealkylation sites (tertiary alicyclic amines) is 2. The second-order valence-corrected chi connectivity index (χ2v) is 15.2. The molecule has 2 saturated heterocycles. The summed E-state index contributed by atoms with van der Waals surface area (Å²) in [5.74, 6) is 0.975. The van der Waals surface area contributed by atoms with Crippen molar-refractivity contribution < 1.29 is 28.5 Å². The SMILES string of the molecule is CC12CN(C(=O)c3cc4c(cc3I)OC(C)(C)O4)CC(C)(CN(C(=O)c3cc4c(cc3I)OC(C)(C)O4)C1)C2. The molecule has 4 heterocycles. The Morgan fingerprint density at radius 1 is 0.615 bits per heavy atom. The van der Waals surface area contributed by atoms with Gasteiger partial charge in [0.25, 0.3) is 11.8 Å². The third-order valence-electron chi connectivity index (χ3n) is 7.67. The van der Waals surface area contributed by atoms with Gasteiger partial charge in [0, 0.05) is 71.8 Å². The summed E-state index contributed by atoms with van der Waals surface area (Å²) in [5, 5.41) is 0. The Balaban J connectivity index is 1.23. The minimum Gasteiger partial charge on any atom is -0.449 e. The Kier molecular flexibility index (Phi) is 6.12. The van der Waals surface area contributed by atoms with Gasteiger partial charge >= 0.3 is 0 Å². The normalized spacial score (nSPS) is 27.5. The van der Waals surface area contributed by atoms with Gasteiger partial charge in [0.05, 0.1) is 11.1 Å². The minimum absolute atomic E-state index is 0.0135. The van der Waals surface area contributed by atoms with Gasteiger partial charge in [-0.1, -0.05) is 13.8 Å². The van der Waals surface area contributed by atoms with E-state index in [0.29, 0.717) is 60.3 Å². The number of hydrogen-bond acceptors (Lipinski definition) is 6. The van der Waals surface area contributed by atoms with Crippen LogP contribution in [0.3, 0.4) is 0 Å². The van der Waals surface area contributed by atoms with Crippen LogP contribution in [0.25, 0.3) is 0 Å². The topological polar surface area (TPSA) is 77.5 Å². The molecule has 0 aliphatic carbocycles. The molecule has 4 aliphatic rings. The van der Waals surface area contributed by atoms with E-state index in [2.05, 4.69) is 59.0 Å². The molecule has 2 fully saturated rings. The van der Waals surface area contributed by atoms with Gasteiger partial charge < -0.3 is 28.7 Å². The molecule has 2 bridgehead atoms. The molecule has 0 unspecified atom stereocenters. The fourth-order valence-electron chi connectivity index (χ4n) is 6.75. The number of piperidine rings is 2. The Hall–Kier alpha value is -1.96. The van der Waals surface area contributed by atoms with Crippen LogP contribution in [-0.2, 0) is 0 Å². The summed E-state index contributed by atoms with van der Waals surface area (Å²) < 4.78 is 25.2. The summed E-state index contributed by atoms with van der Waals surface area (Å²) in [5.41, 5.74) is 0.774. The smallest absolute Gasteiger partial charge is 0.255 e. The highest BCUT2D eigenvalue weighted by molar-refractivity contribution is 14.1. The Morgan fingerprint density at radius 2 is 0.923 bits per heavy atom. The second kappa shape index (κ2) is 8.77. The van der Waals surface area contributed by atoms with Crippen LogP contribution in [0.2, 0.25) is 0 Å². The first-order chi connectivity index (χ1) is 18.0. The molecule has 10 heteroatoms. The number of nitrogens with zero attached hydrogens (tertiary/aromatic N) is 2. The molecular weight excluding hydrogens is 726 g/mol. The van der Waals surface area contributed by atoms with E-state index in [1.54, 1.807) is 0 Å². The summed E-state index contributed by atoms with van der Waals surface area (Å²) >= 11 is 4.40. The Bertz CT molecular complexity index is 1300. The van der Waals surface area contributed by atoms with Gasteiger partial charge in [0.15, 0.2) is 23.0 Å². The predicted molar refractivity (Wildman–Crippen MR) is 162 cm³/mol. The van der Waals surface area contributed by atoms with E-state index in [1.807, 2.05) is 61.8 Å². The van der Waals surface area contributed by atoms with Crippen LogP contribution in [-0.4, -0.2) is 59.4 Å². The largest absolute Gasteiger partial charge is 0.449 e. The average Bonchev–Trinajstić information content (AvgIpc) is 3.26. The van der Waals surface area contributed by atoms with Crippen molar-refractivity contribution >= 4 is 57.0 Å². The highest BCUT2D eigenvalue weighted by atomic mass is 127. The molecule has 4 aliphatic heterocycles. The zero-order valence-corrected chi connectivity index (χ0v) is 27.3. The van der Waals surface area contributed by atoms with Crippen molar-refractivity contribution in [2.45, 2.75) is 59.5 Å². The summed E-state index contributed by atoms with van der Waals surface area (Å²) in [4.78, 5) is 31.6. The number of halogens is 2. The number of hydrogen-bond donors (Lipinski definition) is 0. The van der Waals surface area contributed by atoms with Crippen molar-refractivity contribution in [2.24, 2.45) is 10.8 Å². The third-order valence-corrected chi connectivity index (χ3v) is 9.45. The monoisotopic (exact) mass is 758 g/mol. The molecule has 0 radical (unpaired) electrons. The maximum absolute atomic E-state index is 13.9. The molecule has 0 N–H and O–H groups in total. The van der Waals surface area contributed by atoms with Gasteiger partial charge in [-0.15, -0.1) is 0 Å². The lowest BCUT2D eigenvalue weighted by molar-refractivity contribution is -0.0539. The van der Waals surface area contributed by atoms with Crippen LogP contribution in [0.15, 0.2) is 24.3 Å². The number of amides is 2. The van der Waals surface area contributed by atoms with Gasteiger partial charge in [0.2, 0.25) is 11.6 Å². The summed E-state index contributed by atoms with van der Waals surface area (Å²) in [6.07, 6.45) is 0.951. The van der Waals surface area contributed by atoms with Crippen LogP contribution in [0.5, 0.6) is 23.0 Å².